The Labute approximate surface area is 111 Å². The van der Waals surface area contributed by atoms with Gasteiger partial charge in [-0.2, -0.15) is 0 Å². The molecule has 17 heavy (non-hydrogen) atoms. The van der Waals surface area contributed by atoms with Crippen LogP contribution in [-0.4, -0.2) is 42.5 Å². The van der Waals surface area contributed by atoms with E-state index in [1.54, 1.807) is 11.8 Å². The Morgan fingerprint density at radius 2 is 2.18 bits per heavy atom. The number of hydrogen-bond acceptors (Lipinski definition) is 5. The van der Waals surface area contributed by atoms with Crippen LogP contribution in [0.4, 0.5) is 0 Å². The number of aryl methyl sites for hydroxylation is 1. The van der Waals surface area contributed by atoms with Gasteiger partial charge < -0.3 is 4.90 Å². The largest absolute Gasteiger partial charge is 0.358 e. The van der Waals surface area contributed by atoms with Gasteiger partial charge in [0.05, 0.1) is 5.75 Å². The summed E-state index contributed by atoms with van der Waals surface area (Å²) >= 11 is 7.07. The molecule has 0 radical (unpaired) electrons. The maximum atomic E-state index is 5.41. The lowest BCUT2D eigenvalue weighted by Gasteiger charge is -2.17. The lowest BCUT2D eigenvalue weighted by atomic mass is 10.4. The zero-order valence-corrected chi connectivity index (χ0v) is 11.6. The SMILES string of the molecule is CCCn1nnnc1CSC(=S)N1CCCC1. The van der Waals surface area contributed by atoms with Crippen LogP contribution in [0.3, 0.4) is 0 Å². The van der Waals surface area contributed by atoms with E-state index in [0.717, 1.165) is 42.0 Å². The third-order valence-electron chi connectivity index (χ3n) is 2.73. The van der Waals surface area contributed by atoms with Gasteiger partial charge in [-0.15, -0.1) is 5.10 Å². The quantitative estimate of drug-likeness (QED) is 0.777. The van der Waals surface area contributed by atoms with Crippen molar-refractivity contribution in [2.75, 3.05) is 13.1 Å². The number of aromatic nitrogens is 4. The van der Waals surface area contributed by atoms with Gasteiger partial charge in [-0.3, -0.25) is 0 Å². The smallest absolute Gasteiger partial charge is 0.161 e. The van der Waals surface area contributed by atoms with Crippen LogP contribution in [0, 0.1) is 0 Å². The van der Waals surface area contributed by atoms with Crippen LogP contribution in [0.2, 0.25) is 0 Å². The van der Waals surface area contributed by atoms with Crippen molar-refractivity contribution in [1.82, 2.24) is 25.1 Å². The number of likely N-dealkylation sites (tertiary alicyclic amines) is 1. The highest BCUT2D eigenvalue weighted by Gasteiger charge is 2.16. The number of thiocarbonyl (C=S) groups is 1. The summed E-state index contributed by atoms with van der Waals surface area (Å²) in [5, 5.41) is 11.7. The van der Waals surface area contributed by atoms with E-state index < -0.39 is 0 Å². The van der Waals surface area contributed by atoms with Crippen molar-refractivity contribution < 1.29 is 0 Å². The molecule has 1 aromatic rings. The first kappa shape index (κ1) is 12.8. The molecule has 0 unspecified atom stereocenters. The van der Waals surface area contributed by atoms with Gasteiger partial charge in [0, 0.05) is 19.6 Å². The van der Waals surface area contributed by atoms with Gasteiger partial charge in [-0.05, 0) is 29.7 Å². The van der Waals surface area contributed by atoms with Crippen LogP contribution < -0.4 is 0 Å². The fourth-order valence-corrected chi connectivity index (χ4v) is 3.01. The summed E-state index contributed by atoms with van der Waals surface area (Å²) in [7, 11) is 0. The summed E-state index contributed by atoms with van der Waals surface area (Å²) in [6.07, 6.45) is 3.56. The van der Waals surface area contributed by atoms with Crippen LogP contribution in [0.15, 0.2) is 0 Å². The normalized spacial score (nSPS) is 15.5. The van der Waals surface area contributed by atoms with Gasteiger partial charge in [0.15, 0.2) is 5.82 Å². The van der Waals surface area contributed by atoms with Crippen LogP contribution in [0.5, 0.6) is 0 Å². The summed E-state index contributed by atoms with van der Waals surface area (Å²) in [6.45, 7) is 5.20. The Bertz CT molecular complexity index is 373. The first-order valence-electron chi connectivity index (χ1n) is 5.98. The molecule has 0 spiro atoms. The van der Waals surface area contributed by atoms with E-state index in [2.05, 4.69) is 27.3 Å². The van der Waals surface area contributed by atoms with E-state index in [0.29, 0.717) is 0 Å². The summed E-state index contributed by atoms with van der Waals surface area (Å²) in [5.41, 5.74) is 0. The zero-order valence-electron chi connectivity index (χ0n) is 10.0. The Balaban J connectivity index is 1.84. The van der Waals surface area contributed by atoms with Crippen LogP contribution in [0.25, 0.3) is 0 Å². The van der Waals surface area contributed by atoms with Crippen LogP contribution in [-0.2, 0) is 12.3 Å². The third-order valence-corrected chi connectivity index (χ3v) is 4.25. The first-order chi connectivity index (χ1) is 8.31. The molecule has 1 aliphatic heterocycles. The predicted octanol–water partition coefficient (Wildman–Crippen LogP) is 1.70. The lowest BCUT2D eigenvalue weighted by molar-refractivity contribution is 0.538. The Morgan fingerprint density at radius 1 is 1.41 bits per heavy atom. The molecule has 2 heterocycles. The molecule has 0 amide bonds. The molecule has 5 nitrogen and oxygen atoms in total. The van der Waals surface area contributed by atoms with Gasteiger partial charge in [-0.1, -0.05) is 30.9 Å². The topological polar surface area (TPSA) is 46.8 Å². The monoisotopic (exact) mass is 271 g/mol. The minimum absolute atomic E-state index is 0.766. The highest BCUT2D eigenvalue weighted by molar-refractivity contribution is 8.22. The summed E-state index contributed by atoms with van der Waals surface area (Å²) < 4.78 is 2.84. The molecule has 1 saturated heterocycles. The molecule has 7 heteroatoms. The number of thioether (sulfide) groups is 1. The molecule has 0 bridgehead atoms. The average molecular weight is 271 g/mol. The Hall–Kier alpha value is -0.690. The van der Waals surface area contributed by atoms with E-state index in [4.69, 9.17) is 12.2 Å². The van der Waals surface area contributed by atoms with Gasteiger partial charge in [0.2, 0.25) is 0 Å². The zero-order chi connectivity index (χ0) is 12.1. The average Bonchev–Trinajstić information content (AvgIpc) is 2.97. The molecule has 0 aromatic carbocycles. The van der Waals surface area contributed by atoms with E-state index in [1.165, 1.54) is 12.8 Å². The highest BCUT2D eigenvalue weighted by atomic mass is 32.2. The number of tetrazole rings is 1. The van der Waals surface area contributed by atoms with Gasteiger partial charge in [-0.25, -0.2) is 4.68 Å². The molecule has 1 fully saturated rings. The van der Waals surface area contributed by atoms with Crippen molar-refractivity contribution in [3.05, 3.63) is 5.82 Å². The summed E-state index contributed by atoms with van der Waals surface area (Å²) in [4.78, 5) is 2.27. The Morgan fingerprint density at radius 3 is 2.88 bits per heavy atom. The van der Waals surface area contributed by atoms with E-state index in [9.17, 15) is 0 Å². The molecule has 0 N–H and O–H groups in total. The van der Waals surface area contributed by atoms with Crippen molar-refractivity contribution >= 4 is 28.3 Å². The molecule has 1 aliphatic rings. The minimum atomic E-state index is 0.766. The molecule has 2 rings (SSSR count). The van der Waals surface area contributed by atoms with E-state index in [1.807, 2.05) is 4.68 Å². The van der Waals surface area contributed by atoms with Crippen molar-refractivity contribution in [2.24, 2.45) is 0 Å². The Kier molecular flexibility index (Phi) is 4.73. The van der Waals surface area contributed by atoms with Crippen molar-refractivity contribution in [1.29, 1.82) is 0 Å². The van der Waals surface area contributed by atoms with Crippen molar-refractivity contribution in [2.45, 2.75) is 38.5 Å². The maximum absolute atomic E-state index is 5.41. The molecule has 1 aromatic heterocycles. The second kappa shape index (κ2) is 6.30. The molecule has 0 aliphatic carbocycles. The first-order valence-corrected chi connectivity index (χ1v) is 7.37. The number of rotatable bonds is 4. The van der Waals surface area contributed by atoms with Crippen LogP contribution >= 0.6 is 24.0 Å². The third kappa shape index (κ3) is 3.38. The van der Waals surface area contributed by atoms with Crippen molar-refractivity contribution in [3.8, 4) is 0 Å². The van der Waals surface area contributed by atoms with Gasteiger partial charge in [0.1, 0.15) is 4.32 Å². The lowest BCUT2D eigenvalue weighted by Crippen LogP contribution is -2.23. The van der Waals surface area contributed by atoms with E-state index >= 15 is 0 Å². The number of nitrogens with zero attached hydrogens (tertiary/aromatic N) is 5. The van der Waals surface area contributed by atoms with Gasteiger partial charge >= 0.3 is 0 Å². The highest BCUT2D eigenvalue weighted by Crippen LogP contribution is 2.19. The fourth-order valence-electron chi connectivity index (χ4n) is 1.83. The molecule has 0 atom stereocenters. The summed E-state index contributed by atoms with van der Waals surface area (Å²) in [6, 6.07) is 0. The predicted molar refractivity (Wildman–Crippen MR) is 72.8 cm³/mol. The molecule has 0 saturated carbocycles. The van der Waals surface area contributed by atoms with E-state index in [-0.39, 0.29) is 0 Å². The van der Waals surface area contributed by atoms with Crippen molar-refractivity contribution in [3.63, 3.8) is 0 Å². The number of hydrogen-bond donors (Lipinski definition) is 0. The second-order valence-corrected chi connectivity index (χ2v) is 5.68. The molecular formula is C10H17N5S2. The molecule has 94 valence electrons. The second-order valence-electron chi connectivity index (χ2n) is 4.07. The fraction of sp³-hybridized carbons (Fsp3) is 0.800. The van der Waals surface area contributed by atoms with Gasteiger partial charge in [0.25, 0.3) is 0 Å². The maximum Gasteiger partial charge on any atom is 0.161 e. The minimum Gasteiger partial charge on any atom is -0.358 e. The molecular weight excluding hydrogens is 254 g/mol. The standard InChI is InChI=1S/C10H17N5S2/c1-2-5-15-9(11-12-13-15)8-17-10(16)14-6-3-4-7-14/h2-8H2,1H3. The van der Waals surface area contributed by atoms with Crippen LogP contribution in [0.1, 0.15) is 32.0 Å². The summed E-state index contributed by atoms with van der Waals surface area (Å²) in [5.74, 6) is 1.68.